The number of hydrogen-bond donors (Lipinski definition) is 2. The molecule has 0 bridgehead atoms. The Hall–Kier alpha value is -3.97. The number of amides is 1. The van der Waals surface area contributed by atoms with Gasteiger partial charge in [0.05, 0.1) is 18.2 Å². The summed E-state index contributed by atoms with van der Waals surface area (Å²) in [5, 5.41) is 19.6. The second kappa shape index (κ2) is 10.6. The average molecular weight is 501 g/mol. The van der Waals surface area contributed by atoms with Gasteiger partial charge in [0.25, 0.3) is 5.91 Å². The Morgan fingerprint density at radius 1 is 1.03 bits per heavy atom. The van der Waals surface area contributed by atoms with E-state index in [9.17, 15) is 14.7 Å². The number of methoxy groups -OCH3 is 1. The van der Waals surface area contributed by atoms with Crippen LogP contribution < -0.4 is 15.7 Å². The van der Waals surface area contributed by atoms with Crippen molar-refractivity contribution in [3.63, 3.8) is 0 Å². The molecule has 37 heavy (non-hydrogen) atoms. The molecule has 0 aliphatic carbocycles. The van der Waals surface area contributed by atoms with Gasteiger partial charge in [0.1, 0.15) is 11.4 Å². The topological polar surface area (TPSA) is 102 Å². The fourth-order valence-corrected chi connectivity index (χ4v) is 4.86. The van der Waals surface area contributed by atoms with Crippen LogP contribution in [0, 0.1) is 6.92 Å². The Labute approximate surface area is 216 Å². The Balaban J connectivity index is 1.67. The predicted molar refractivity (Wildman–Crippen MR) is 144 cm³/mol. The molecule has 0 spiro atoms. The third-order valence-electron chi connectivity index (χ3n) is 6.82. The molecule has 1 unspecified atom stereocenters. The van der Waals surface area contributed by atoms with Gasteiger partial charge >= 0.3 is 5.63 Å². The molecular weight excluding hydrogens is 468 g/mol. The summed E-state index contributed by atoms with van der Waals surface area (Å²) in [6.45, 7) is 5.72. The van der Waals surface area contributed by atoms with E-state index in [0.29, 0.717) is 34.3 Å². The Morgan fingerprint density at radius 3 is 2.46 bits per heavy atom. The highest BCUT2D eigenvalue weighted by Crippen LogP contribution is 2.39. The zero-order valence-electron chi connectivity index (χ0n) is 21.6. The summed E-state index contributed by atoms with van der Waals surface area (Å²) in [6, 6.07) is 22.3. The summed E-state index contributed by atoms with van der Waals surface area (Å²) in [5.41, 5.74) is 0.0987. The molecule has 4 rings (SSSR count). The summed E-state index contributed by atoms with van der Waals surface area (Å²) in [7, 11) is 1.61. The van der Waals surface area contributed by atoms with Crippen LogP contribution in [0.5, 0.6) is 5.75 Å². The number of nitrogens with one attached hydrogen (secondary N) is 1. The molecule has 1 amide bonds. The van der Waals surface area contributed by atoms with E-state index in [4.69, 9.17) is 9.26 Å². The zero-order valence-corrected chi connectivity index (χ0v) is 21.6. The standard InChI is InChI=1S/C30H32N2O5/c1-20-24-18-22(14-15-23(24)27(33)37-32-20)31-28(34)30(35,17-16-21-10-6-5-7-11-21)19-29(2,3)25-12-8-9-13-26(25)36-4/h5-15,18,35H,16-17,19H2,1-4H3,(H,31,34). The smallest absolute Gasteiger partial charge is 0.366 e. The SMILES string of the molecule is COc1ccccc1C(C)(C)CC(O)(CCc1ccccc1)C(=O)Nc1ccc2c(=O)onc(C)c2c1. The third-order valence-corrected chi connectivity index (χ3v) is 6.82. The quantitative estimate of drug-likeness (QED) is 0.329. The van der Waals surface area contributed by atoms with Gasteiger partial charge in [-0.1, -0.05) is 67.5 Å². The summed E-state index contributed by atoms with van der Waals surface area (Å²) < 4.78 is 10.4. The van der Waals surface area contributed by atoms with Crippen molar-refractivity contribution in [1.29, 1.82) is 0 Å². The Kier molecular flexibility index (Phi) is 7.45. The number of aromatic nitrogens is 1. The van der Waals surface area contributed by atoms with Gasteiger partial charge in [0.15, 0.2) is 0 Å². The van der Waals surface area contributed by atoms with Gasteiger partial charge in [-0.25, -0.2) is 4.79 Å². The number of aliphatic hydroxyl groups is 1. The normalized spacial score (nSPS) is 13.2. The van der Waals surface area contributed by atoms with Crippen LogP contribution in [0.3, 0.4) is 0 Å². The van der Waals surface area contributed by atoms with Gasteiger partial charge in [-0.3, -0.25) is 4.79 Å². The first-order chi connectivity index (χ1) is 17.6. The van der Waals surface area contributed by atoms with Crippen LogP contribution in [0.2, 0.25) is 0 Å². The predicted octanol–water partition coefficient (Wildman–Crippen LogP) is 5.18. The molecule has 192 valence electrons. The van der Waals surface area contributed by atoms with E-state index in [0.717, 1.165) is 11.1 Å². The maximum absolute atomic E-state index is 13.7. The van der Waals surface area contributed by atoms with E-state index >= 15 is 0 Å². The van der Waals surface area contributed by atoms with Crippen LogP contribution in [0.4, 0.5) is 5.69 Å². The van der Waals surface area contributed by atoms with Gasteiger partial charge in [0, 0.05) is 11.1 Å². The highest BCUT2D eigenvalue weighted by atomic mass is 16.5. The lowest BCUT2D eigenvalue weighted by Crippen LogP contribution is -2.47. The van der Waals surface area contributed by atoms with Crippen molar-refractivity contribution in [3.05, 3.63) is 100 Å². The van der Waals surface area contributed by atoms with Crippen LogP contribution in [0.25, 0.3) is 10.8 Å². The largest absolute Gasteiger partial charge is 0.496 e. The number of anilines is 1. The molecule has 1 aromatic heterocycles. The number of aryl methyl sites for hydroxylation is 2. The second-order valence-electron chi connectivity index (χ2n) is 10.0. The van der Waals surface area contributed by atoms with Gasteiger partial charge in [0.2, 0.25) is 0 Å². The van der Waals surface area contributed by atoms with Gasteiger partial charge in [-0.2, -0.15) is 0 Å². The van der Waals surface area contributed by atoms with E-state index < -0.39 is 22.5 Å². The number of ether oxygens (including phenoxy) is 1. The summed E-state index contributed by atoms with van der Waals surface area (Å²) in [6.07, 6.45) is 0.907. The average Bonchev–Trinajstić information content (AvgIpc) is 2.90. The van der Waals surface area contributed by atoms with Crippen molar-refractivity contribution >= 4 is 22.4 Å². The molecule has 0 radical (unpaired) electrons. The van der Waals surface area contributed by atoms with E-state index in [1.807, 2.05) is 68.4 Å². The number of nitrogens with zero attached hydrogens (tertiary/aromatic N) is 1. The summed E-state index contributed by atoms with van der Waals surface area (Å²) in [5.74, 6) is 0.189. The number of hydrogen-bond acceptors (Lipinski definition) is 6. The number of para-hydroxylation sites is 1. The molecular formula is C30H32N2O5. The first-order valence-electron chi connectivity index (χ1n) is 12.2. The van der Waals surface area contributed by atoms with E-state index in [2.05, 4.69) is 10.5 Å². The maximum Gasteiger partial charge on any atom is 0.366 e. The monoisotopic (exact) mass is 500 g/mol. The van der Waals surface area contributed by atoms with Crippen LogP contribution >= 0.6 is 0 Å². The van der Waals surface area contributed by atoms with Crippen LogP contribution in [0.15, 0.2) is 82.1 Å². The van der Waals surface area contributed by atoms with Gasteiger partial charge in [-0.15, -0.1) is 0 Å². The molecule has 0 saturated heterocycles. The lowest BCUT2D eigenvalue weighted by molar-refractivity contribution is -0.137. The fourth-order valence-electron chi connectivity index (χ4n) is 4.86. The number of carbonyl (C=O) groups excluding carboxylic acids is 1. The van der Waals surface area contributed by atoms with E-state index in [-0.39, 0.29) is 12.8 Å². The molecule has 1 atom stereocenters. The molecule has 0 fully saturated rings. The highest BCUT2D eigenvalue weighted by molar-refractivity contribution is 5.99. The molecule has 2 N–H and O–H groups in total. The molecule has 0 aliphatic heterocycles. The van der Waals surface area contributed by atoms with Crippen LogP contribution in [0.1, 0.15) is 43.5 Å². The molecule has 4 aromatic rings. The third kappa shape index (κ3) is 5.73. The molecule has 7 heteroatoms. The number of rotatable bonds is 9. The number of fused-ring (bicyclic) bond motifs is 1. The van der Waals surface area contributed by atoms with Crippen molar-refractivity contribution in [1.82, 2.24) is 5.16 Å². The Bertz CT molecular complexity index is 1460. The minimum absolute atomic E-state index is 0.163. The summed E-state index contributed by atoms with van der Waals surface area (Å²) in [4.78, 5) is 25.7. The minimum atomic E-state index is -1.70. The second-order valence-corrected chi connectivity index (χ2v) is 10.0. The Morgan fingerprint density at radius 2 is 1.73 bits per heavy atom. The van der Waals surface area contributed by atoms with Crippen LogP contribution in [-0.2, 0) is 16.6 Å². The highest BCUT2D eigenvalue weighted by Gasteiger charge is 2.42. The molecule has 1 heterocycles. The van der Waals surface area contributed by atoms with Crippen molar-refractivity contribution < 1.29 is 19.2 Å². The van der Waals surface area contributed by atoms with E-state index in [1.54, 1.807) is 32.2 Å². The number of benzene rings is 3. The first kappa shape index (κ1) is 26.1. The van der Waals surface area contributed by atoms with Gasteiger partial charge in [-0.05, 0) is 67.0 Å². The molecule has 7 nitrogen and oxygen atoms in total. The molecule has 3 aromatic carbocycles. The summed E-state index contributed by atoms with van der Waals surface area (Å²) >= 11 is 0. The fraction of sp³-hybridized carbons (Fsp3) is 0.300. The van der Waals surface area contributed by atoms with E-state index in [1.165, 1.54) is 0 Å². The lowest BCUT2D eigenvalue weighted by Gasteiger charge is -2.36. The zero-order chi connectivity index (χ0) is 26.6. The van der Waals surface area contributed by atoms with Gasteiger partial charge < -0.3 is 19.7 Å². The van der Waals surface area contributed by atoms with Crippen molar-refractivity contribution in [2.75, 3.05) is 12.4 Å². The van der Waals surface area contributed by atoms with Crippen molar-refractivity contribution in [2.45, 2.75) is 51.0 Å². The maximum atomic E-state index is 13.7. The molecule has 0 aliphatic rings. The van der Waals surface area contributed by atoms with Crippen molar-refractivity contribution in [2.24, 2.45) is 0 Å². The number of carbonyl (C=O) groups is 1. The minimum Gasteiger partial charge on any atom is -0.496 e. The van der Waals surface area contributed by atoms with Crippen molar-refractivity contribution in [3.8, 4) is 5.75 Å². The molecule has 0 saturated carbocycles. The van der Waals surface area contributed by atoms with Crippen LogP contribution in [-0.4, -0.2) is 28.9 Å². The first-order valence-corrected chi connectivity index (χ1v) is 12.2. The lowest BCUT2D eigenvalue weighted by atomic mass is 9.73.